The van der Waals surface area contributed by atoms with Gasteiger partial charge in [0.15, 0.2) is 0 Å². The Hall–Kier alpha value is -2.11. The van der Waals surface area contributed by atoms with Crippen molar-refractivity contribution in [3.05, 3.63) is 33.9 Å². The maximum Gasteiger partial charge on any atom is 0.311 e. The Labute approximate surface area is 104 Å². The highest BCUT2D eigenvalue weighted by molar-refractivity contribution is 5.98. The maximum absolute atomic E-state index is 11.8. The van der Waals surface area contributed by atoms with Crippen molar-refractivity contribution < 1.29 is 14.8 Å². The number of nitrogens with one attached hydrogen (secondary N) is 1. The summed E-state index contributed by atoms with van der Waals surface area (Å²) < 4.78 is 0. The molecule has 0 aliphatic heterocycles. The van der Waals surface area contributed by atoms with Crippen molar-refractivity contribution in [1.82, 2.24) is 5.32 Å². The number of hydrogen-bond acceptors (Lipinski definition) is 4. The summed E-state index contributed by atoms with van der Waals surface area (Å²) in [7, 11) is 0. The first-order valence-electron chi connectivity index (χ1n) is 5.67. The lowest BCUT2D eigenvalue weighted by Gasteiger charge is -2.10. The fraction of sp³-hybridized carbons (Fsp3) is 0.417. The Morgan fingerprint density at radius 3 is 2.78 bits per heavy atom. The molecule has 6 nitrogen and oxygen atoms in total. The van der Waals surface area contributed by atoms with Gasteiger partial charge in [0.2, 0.25) is 5.75 Å². The molecule has 0 heterocycles. The molecule has 0 atom stereocenters. The van der Waals surface area contributed by atoms with Crippen molar-refractivity contribution in [2.45, 2.75) is 19.8 Å². The third-order valence-corrected chi connectivity index (χ3v) is 3.24. The number of carbonyl (C=O) groups excluding carboxylic acids is 1. The molecule has 1 aliphatic carbocycles. The molecule has 1 aliphatic rings. The summed E-state index contributed by atoms with van der Waals surface area (Å²) in [5.74, 6) is -1.06. The van der Waals surface area contributed by atoms with Crippen LogP contribution in [0.15, 0.2) is 18.2 Å². The Morgan fingerprint density at radius 1 is 1.56 bits per heavy atom. The molecule has 0 saturated heterocycles. The molecule has 0 radical (unpaired) electrons. The molecular formula is C12H14N2O4. The van der Waals surface area contributed by atoms with Crippen molar-refractivity contribution in [2.24, 2.45) is 5.41 Å². The summed E-state index contributed by atoms with van der Waals surface area (Å²) >= 11 is 0. The molecule has 2 N–H and O–H groups in total. The molecular weight excluding hydrogens is 236 g/mol. The van der Waals surface area contributed by atoms with Gasteiger partial charge in [-0.2, -0.15) is 0 Å². The lowest BCUT2D eigenvalue weighted by molar-refractivity contribution is -0.385. The van der Waals surface area contributed by atoms with Gasteiger partial charge in [0.25, 0.3) is 5.91 Å². The van der Waals surface area contributed by atoms with Crippen LogP contribution in [0.2, 0.25) is 0 Å². The number of carbonyl (C=O) groups is 1. The number of benzene rings is 1. The van der Waals surface area contributed by atoms with Crippen LogP contribution in [0, 0.1) is 15.5 Å². The van der Waals surface area contributed by atoms with E-state index in [1.54, 1.807) is 0 Å². The summed E-state index contributed by atoms with van der Waals surface area (Å²) in [5, 5.41) is 23.0. The third-order valence-electron chi connectivity index (χ3n) is 3.24. The highest BCUT2D eigenvalue weighted by atomic mass is 16.6. The van der Waals surface area contributed by atoms with Crippen LogP contribution in [-0.2, 0) is 0 Å². The van der Waals surface area contributed by atoms with E-state index in [1.165, 1.54) is 12.1 Å². The Balaban J connectivity index is 2.14. The number of aromatic hydroxyl groups is 1. The molecule has 1 amide bonds. The zero-order valence-electron chi connectivity index (χ0n) is 9.97. The topological polar surface area (TPSA) is 92.5 Å². The SMILES string of the molecule is CC1(CNC(=O)c2cccc([N+](=O)[O-])c2O)CC1. The van der Waals surface area contributed by atoms with Gasteiger partial charge in [-0.1, -0.05) is 13.0 Å². The summed E-state index contributed by atoms with van der Waals surface area (Å²) in [4.78, 5) is 21.7. The molecule has 6 heteroatoms. The van der Waals surface area contributed by atoms with Crippen LogP contribution in [0.5, 0.6) is 5.75 Å². The molecule has 2 rings (SSSR count). The predicted octanol–water partition coefficient (Wildman–Crippen LogP) is 1.83. The van der Waals surface area contributed by atoms with Gasteiger partial charge in [-0.25, -0.2) is 0 Å². The standard InChI is InChI=1S/C12H14N2O4/c1-12(5-6-12)7-13-11(16)8-3-2-4-9(10(8)15)14(17)18/h2-4,15H,5-7H2,1H3,(H,13,16). The zero-order chi connectivity index (χ0) is 13.3. The Kier molecular flexibility index (Phi) is 2.94. The van der Waals surface area contributed by atoms with E-state index in [2.05, 4.69) is 12.2 Å². The lowest BCUT2D eigenvalue weighted by atomic mass is 10.1. The van der Waals surface area contributed by atoms with E-state index in [9.17, 15) is 20.0 Å². The van der Waals surface area contributed by atoms with Crippen molar-refractivity contribution >= 4 is 11.6 Å². The van der Waals surface area contributed by atoms with E-state index in [-0.39, 0.29) is 11.0 Å². The van der Waals surface area contributed by atoms with Crippen molar-refractivity contribution in [3.63, 3.8) is 0 Å². The Morgan fingerprint density at radius 2 is 2.22 bits per heavy atom. The average Bonchev–Trinajstić information content (AvgIpc) is 3.05. The predicted molar refractivity (Wildman–Crippen MR) is 64.4 cm³/mol. The van der Waals surface area contributed by atoms with Gasteiger partial charge in [0.1, 0.15) is 0 Å². The molecule has 96 valence electrons. The van der Waals surface area contributed by atoms with Crippen LogP contribution in [0.1, 0.15) is 30.1 Å². The minimum Gasteiger partial charge on any atom is -0.502 e. The quantitative estimate of drug-likeness (QED) is 0.629. The molecule has 0 unspecified atom stereocenters. The number of hydrogen-bond donors (Lipinski definition) is 2. The van der Waals surface area contributed by atoms with Crippen molar-refractivity contribution in [2.75, 3.05) is 6.54 Å². The molecule has 0 aromatic heterocycles. The smallest absolute Gasteiger partial charge is 0.311 e. The summed E-state index contributed by atoms with van der Waals surface area (Å²) in [5.41, 5.74) is -0.375. The Bertz CT molecular complexity index is 509. The second kappa shape index (κ2) is 4.29. The van der Waals surface area contributed by atoms with Gasteiger partial charge in [0.05, 0.1) is 10.5 Å². The molecule has 1 aromatic carbocycles. The summed E-state index contributed by atoms with van der Waals surface area (Å²) in [6, 6.07) is 3.91. The summed E-state index contributed by atoms with van der Waals surface area (Å²) in [6.07, 6.45) is 2.13. The van der Waals surface area contributed by atoms with E-state index < -0.39 is 22.3 Å². The molecule has 0 bridgehead atoms. The number of phenols is 1. The lowest BCUT2D eigenvalue weighted by Crippen LogP contribution is -2.29. The van der Waals surface area contributed by atoms with E-state index in [1.807, 2.05) is 0 Å². The first-order valence-corrected chi connectivity index (χ1v) is 5.67. The molecule has 18 heavy (non-hydrogen) atoms. The van der Waals surface area contributed by atoms with Crippen LogP contribution in [-0.4, -0.2) is 22.5 Å². The average molecular weight is 250 g/mol. The van der Waals surface area contributed by atoms with Crippen molar-refractivity contribution in [1.29, 1.82) is 0 Å². The number of nitro groups is 1. The van der Waals surface area contributed by atoms with E-state index in [0.717, 1.165) is 18.9 Å². The number of para-hydroxylation sites is 1. The van der Waals surface area contributed by atoms with Gasteiger partial charge >= 0.3 is 5.69 Å². The largest absolute Gasteiger partial charge is 0.502 e. The van der Waals surface area contributed by atoms with Gasteiger partial charge in [-0.15, -0.1) is 0 Å². The van der Waals surface area contributed by atoms with Gasteiger partial charge in [-0.05, 0) is 24.3 Å². The molecule has 1 fully saturated rings. The van der Waals surface area contributed by atoms with E-state index >= 15 is 0 Å². The maximum atomic E-state index is 11.8. The number of nitro benzene ring substituents is 1. The number of rotatable bonds is 4. The zero-order valence-corrected chi connectivity index (χ0v) is 9.97. The molecule has 1 saturated carbocycles. The second-order valence-electron chi connectivity index (χ2n) is 4.92. The first-order chi connectivity index (χ1) is 8.43. The van der Waals surface area contributed by atoms with E-state index in [4.69, 9.17) is 0 Å². The highest BCUT2D eigenvalue weighted by Gasteiger charge is 2.37. The van der Waals surface area contributed by atoms with Crippen LogP contribution in [0.3, 0.4) is 0 Å². The number of phenolic OH excluding ortho intramolecular Hbond substituents is 1. The van der Waals surface area contributed by atoms with E-state index in [0.29, 0.717) is 6.54 Å². The van der Waals surface area contributed by atoms with Gasteiger partial charge < -0.3 is 10.4 Å². The van der Waals surface area contributed by atoms with Crippen LogP contribution in [0.25, 0.3) is 0 Å². The highest BCUT2D eigenvalue weighted by Crippen LogP contribution is 2.44. The van der Waals surface area contributed by atoms with Crippen LogP contribution >= 0.6 is 0 Å². The molecule has 0 spiro atoms. The first kappa shape index (κ1) is 12.3. The van der Waals surface area contributed by atoms with Crippen molar-refractivity contribution in [3.8, 4) is 5.75 Å². The summed E-state index contributed by atoms with van der Waals surface area (Å²) in [6.45, 7) is 2.58. The second-order valence-corrected chi connectivity index (χ2v) is 4.92. The monoisotopic (exact) mass is 250 g/mol. The number of nitrogens with zero attached hydrogens (tertiary/aromatic N) is 1. The fourth-order valence-corrected chi connectivity index (χ4v) is 1.64. The molecule has 1 aromatic rings. The minimum atomic E-state index is -0.714. The number of amides is 1. The normalized spacial score (nSPS) is 16.1. The minimum absolute atomic E-state index is 0.0616. The van der Waals surface area contributed by atoms with Crippen LogP contribution in [0.4, 0.5) is 5.69 Å². The van der Waals surface area contributed by atoms with Gasteiger partial charge in [-0.3, -0.25) is 14.9 Å². The van der Waals surface area contributed by atoms with Crippen LogP contribution < -0.4 is 5.32 Å². The third kappa shape index (κ3) is 2.42. The fourth-order valence-electron chi connectivity index (χ4n) is 1.64. The van der Waals surface area contributed by atoms with Gasteiger partial charge in [0, 0.05) is 12.6 Å².